The molecule has 2 heterocycles. The van der Waals surface area contributed by atoms with E-state index in [9.17, 15) is 8.42 Å². The molecule has 0 saturated carbocycles. The maximum Gasteiger partial charge on any atom is 0.236 e. The predicted octanol–water partition coefficient (Wildman–Crippen LogP) is 4.00. The van der Waals surface area contributed by atoms with Gasteiger partial charge in [0.25, 0.3) is 0 Å². The van der Waals surface area contributed by atoms with Gasteiger partial charge >= 0.3 is 0 Å². The van der Waals surface area contributed by atoms with Crippen LogP contribution in [-0.2, 0) is 15.8 Å². The summed E-state index contributed by atoms with van der Waals surface area (Å²) in [4.78, 5) is 6.62. The smallest absolute Gasteiger partial charge is 0.236 e. The molecule has 2 aromatic carbocycles. The molecule has 5 nitrogen and oxygen atoms in total. The second-order valence-corrected chi connectivity index (χ2v) is 9.00. The minimum absolute atomic E-state index is 0.0959. The molecule has 0 bridgehead atoms. The molecule has 2 aliphatic heterocycles. The summed E-state index contributed by atoms with van der Waals surface area (Å²) < 4.78 is 27.3. The summed E-state index contributed by atoms with van der Waals surface area (Å²) in [5.74, 6) is -0.0959. The molecule has 134 valence electrons. The molecule has 0 fully saturated rings. The number of hydrogen-bond donors (Lipinski definition) is 1. The van der Waals surface area contributed by atoms with Gasteiger partial charge in [-0.05, 0) is 35.4 Å². The first kappa shape index (κ1) is 17.5. The number of nitrogens with one attached hydrogen (secondary N) is 1. The van der Waals surface area contributed by atoms with Crippen LogP contribution in [0.5, 0.6) is 0 Å². The number of sulfonamides is 1. The summed E-state index contributed by atoms with van der Waals surface area (Å²) in [6.45, 7) is 1.71. The van der Waals surface area contributed by atoms with Gasteiger partial charge in [-0.1, -0.05) is 47.6 Å². The summed E-state index contributed by atoms with van der Waals surface area (Å²) in [5.41, 5.74) is 3.39. The van der Waals surface area contributed by atoms with Crippen LogP contribution < -0.4 is 4.72 Å². The lowest BCUT2D eigenvalue weighted by molar-refractivity contribution is 0.600. The van der Waals surface area contributed by atoms with E-state index in [1.54, 1.807) is 48.2 Å². The van der Waals surface area contributed by atoms with Crippen molar-refractivity contribution in [1.82, 2.24) is 4.90 Å². The Bertz CT molecular complexity index is 984. The highest BCUT2D eigenvalue weighted by Crippen LogP contribution is 2.35. The van der Waals surface area contributed by atoms with E-state index in [0.29, 0.717) is 16.3 Å². The fourth-order valence-corrected chi connectivity index (χ4v) is 5.16. The van der Waals surface area contributed by atoms with Gasteiger partial charge in [0, 0.05) is 22.7 Å². The number of anilines is 1. The molecule has 0 unspecified atom stereocenters. The van der Waals surface area contributed by atoms with Crippen molar-refractivity contribution in [2.45, 2.75) is 5.75 Å². The number of amidine groups is 1. The van der Waals surface area contributed by atoms with Crippen molar-refractivity contribution in [3.05, 3.63) is 70.1 Å². The normalized spacial score (nSPS) is 16.3. The lowest BCUT2D eigenvalue weighted by atomic mass is 10.1. The number of hydrogen-bond acceptors (Lipinski definition) is 5. The highest BCUT2D eigenvalue weighted by atomic mass is 35.5. The van der Waals surface area contributed by atoms with E-state index in [2.05, 4.69) is 20.0 Å². The van der Waals surface area contributed by atoms with Crippen molar-refractivity contribution in [3.8, 4) is 0 Å². The van der Waals surface area contributed by atoms with Crippen molar-refractivity contribution >= 4 is 49.9 Å². The average Bonchev–Trinajstić information content (AvgIpc) is 3.21. The zero-order chi connectivity index (χ0) is 18.1. The second-order valence-electron chi connectivity index (χ2n) is 6.00. The number of halogens is 1. The third-order valence-corrected chi connectivity index (χ3v) is 6.51. The molecule has 0 saturated heterocycles. The first-order valence-electron chi connectivity index (χ1n) is 8.04. The molecule has 0 radical (unpaired) electrons. The van der Waals surface area contributed by atoms with Gasteiger partial charge in [0.2, 0.25) is 10.0 Å². The fraction of sp³-hybridized carbons (Fsp3) is 0.167. The first-order valence-corrected chi connectivity index (χ1v) is 11.0. The third kappa shape index (κ3) is 3.75. The van der Waals surface area contributed by atoms with E-state index < -0.39 is 10.0 Å². The van der Waals surface area contributed by atoms with Gasteiger partial charge in [0.15, 0.2) is 5.17 Å². The van der Waals surface area contributed by atoms with Crippen LogP contribution in [0.4, 0.5) is 5.69 Å². The highest BCUT2D eigenvalue weighted by molar-refractivity contribution is 8.16. The topological polar surface area (TPSA) is 61.8 Å². The summed E-state index contributed by atoms with van der Waals surface area (Å²) >= 11 is 7.46. The molecule has 1 N–H and O–H groups in total. The van der Waals surface area contributed by atoms with Crippen molar-refractivity contribution in [3.63, 3.8) is 0 Å². The Morgan fingerprint density at radius 2 is 1.85 bits per heavy atom. The van der Waals surface area contributed by atoms with Crippen LogP contribution in [-0.4, -0.2) is 31.6 Å². The Hall–Kier alpha value is -1.96. The summed E-state index contributed by atoms with van der Waals surface area (Å²) in [6.07, 6.45) is 0. The monoisotopic (exact) mass is 405 g/mol. The Balaban J connectivity index is 1.45. The fourth-order valence-electron chi connectivity index (χ4n) is 2.87. The molecule has 4 rings (SSSR count). The third-order valence-electron chi connectivity index (χ3n) is 4.09. The number of rotatable bonds is 5. The predicted molar refractivity (Wildman–Crippen MR) is 109 cm³/mol. The average molecular weight is 406 g/mol. The summed E-state index contributed by atoms with van der Waals surface area (Å²) in [6, 6.07) is 14.2. The maximum atomic E-state index is 12.4. The molecular weight excluding hydrogens is 390 g/mol. The highest BCUT2D eigenvalue weighted by Gasteiger charge is 2.26. The van der Waals surface area contributed by atoms with E-state index in [0.717, 1.165) is 29.5 Å². The zero-order valence-corrected chi connectivity index (χ0v) is 16.1. The number of aliphatic imine (C=N–C) groups is 1. The van der Waals surface area contributed by atoms with E-state index in [-0.39, 0.29) is 5.75 Å². The molecule has 26 heavy (non-hydrogen) atoms. The second kappa shape index (κ2) is 6.98. The van der Waals surface area contributed by atoms with Crippen LogP contribution in [0.2, 0.25) is 5.02 Å². The van der Waals surface area contributed by atoms with Gasteiger partial charge in [0.1, 0.15) is 0 Å². The molecule has 0 aliphatic carbocycles. The molecule has 0 spiro atoms. The lowest BCUT2D eigenvalue weighted by Gasteiger charge is -2.17. The molecule has 2 aromatic rings. The van der Waals surface area contributed by atoms with Gasteiger partial charge in [-0.25, -0.2) is 8.42 Å². The van der Waals surface area contributed by atoms with Crippen molar-refractivity contribution < 1.29 is 8.42 Å². The minimum Gasteiger partial charge on any atom is -0.318 e. The summed E-state index contributed by atoms with van der Waals surface area (Å²) in [5, 5.41) is 3.70. The van der Waals surface area contributed by atoms with Crippen molar-refractivity contribution in [2.24, 2.45) is 4.99 Å². The summed E-state index contributed by atoms with van der Waals surface area (Å²) in [7, 11) is -3.49. The van der Waals surface area contributed by atoms with Crippen LogP contribution in [0.25, 0.3) is 5.70 Å². The molecule has 8 heteroatoms. The Morgan fingerprint density at radius 3 is 2.58 bits per heavy atom. The van der Waals surface area contributed by atoms with E-state index in [4.69, 9.17) is 11.6 Å². The Labute approximate surface area is 161 Å². The molecule has 0 aromatic heterocycles. The van der Waals surface area contributed by atoms with Crippen LogP contribution in [0.15, 0.2) is 58.9 Å². The molecule has 0 atom stereocenters. The van der Waals surface area contributed by atoms with E-state index >= 15 is 0 Å². The number of fused-ring (bicyclic) bond motifs is 1. The van der Waals surface area contributed by atoms with Crippen molar-refractivity contribution in [1.29, 1.82) is 0 Å². The van der Waals surface area contributed by atoms with E-state index in [1.165, 1.54) is 0 Å². The maximum absolute atomic E-state index is 12.4. The zero-order valence-electron chi connectivity index (χ0n) is 13.7. The number of benzene rings is 2. The van der Waals surface area contributed by atoms with Gasteiger partial charge < -0.3 is 4.90 Å². The minimum atomic E-state index is -3.49. The van der Waals surface area contributed by atoms with Crippen LogP contribution in [0.3, 0.4) is 0 Å². The number of nitrogens with zero attached hydrogens (tertiary/aromatic N) is 2. The molecule has 2 aliphatic rings. The molecular formula is C18H16ClN3O2S2. The van der Waals surface area contributed by atoms with Crippen LogP contribution >= 0.6 is 23.4 Å². The Morgan fingerprint density at radius 1 is 1.12 bits per heavy atom. The SMILES string of the molecule is O=S(=O)(Cc1ccc(Cl)cc1)Nc1ccc(C2=CSC3=NCCN23)cc1. The standard InChI is InChI=1S/C18H16ClN3O2S2/c19-15-5-1-13(2-6-15)12-26(23,24)21-16-7-3-14(4-8-16)17-11-25-18-20-9-10-22(17)18/h1-8,11,21H,9-10,12H2. The van der Waals surface area contributed by atoms with Gasteiger partial charge in [-0.3, -0.25) is 9.71 Å². The largest absolute Gasteiger partial charge is 0.318 e. The lowest BCUT2D eigenvalue weighted by Crippen LogP contribution is -2.19. The van der Waals surface area contributed by atoms with Gasteiger partial charge in [-0.15, -0.1) is 0 Å². The number of thioether (sulfide) groups is 1. The Kier molecular flexibility index (Phi) is 4.69. The quantitative estimate of drug-likeness (QED) is 0.816. The van der Waals surface area contributed by atoms with Crippen LogP contribution in [0.1, 0.15) is 11.1 Å². The first-order chi connectivity index (χ1) is 12.5. The van der Waals surface area contributed by atoms with E-state index in [1.807, 2.05) is 12.1 Å². The van der Waals surface area contributed by atoms with Crippen molar-refractivity contribution in [2.75, 3.05) is 17.8 Å². The molecule has 0 amide bonds. The van der Waals surface area contributed by atoms with Crippen LogP contribution in [0, 0.1) is 0 Å². The van der Waals surface area contributed by atoms with Gasteiger partial charge in [-0.2, -0.15) is 0 Å². The van der Waals surface area contributed by atoms with Gasteiger partial charge in [0.05, 0.1) is 18.0 Å².